The smallest absolute Gasteiger partial charge is 0.171 e. The van der Waals surface area contributed by atoms with Gasteiger partial charge in [0.25, 0.3) is 0 Å². The molecule has 1 atom stereocenters. The third kappa shape index (κ3) is 4.65. The molecule has 148 valence electrons. The fraction of sp³-hybridized carbons (Fsp3) is 0.429. The zero-order valence-corrected chi connectivity index (χ0v) is 16.9. The Balaban J connectivity index is 1.29. The van der Waals surface area contributed by atoms with Gasteiger partial charge in [0.15, 0.2) is 16.6 Å². The molecule has 3 heterocycles. The second kappa shape index (κ2) is 8.65. The van der Waals surface area contributed by atoms with Crippen LogP contribution in [0, 0.1) is 5.92 Å². The number of pyridine rings is 1. The Morgan fingerprint density at radius 2 is 2.07 bits per heavy atom. The summed E-state index contributed by atoms with van der Waals surface area (Å²) in [5.41, 5.74) is 1.97. The maximum absolute atomic E-state index is 5.62. The van der Waals surface area contributed by atoms with Crippen molar-refractivity contribution >= 4 is 28.8 Å². The van der Waals surface area contributed by atoms with E-state index in [9.17, 15) is 0 Å². The minimum Gasteiger partial charge on any atom is -0.486 e. The van der Waals surface area contributed by atoms with Gasteiger partial charge in [-0.15, -0.1) is 0 Å². The van der Waals surface area contributed by atoms with Crippen LogP contribution in [0.2, 0.25) is 0 Å². The number of thiocarbonyl (C=S) groups is 1. The summed E-state index contributed by atoms with van der Waals surface area (Å²) in [6.45, 7) is 6.26. The van der Waals surface area contributed by atoms with Crippen molar-refractivity contribution in [3.63, 3.8) is 0 Å². The van der Waals surface area contributed by atoms with Gasteiger partial charge < -0.3 is 25.0 Å². The van der Waals surface area contributed by atoms with Crippen molar-refractivity contribution in [1.82, 2.24) is 10.3 Å². The van der Waals surface area contributed by atoms with Crippen molar-refractivity contribution in [3.05, 3.63) is 42.1 Å². The molecule has 7 heteroatoms. The minimum absolute atomic E-state index is 0.566. The number of hydrogen-bond acceptors (Lipinski definition) is 5. The molecule has 6 nitrogen and oxygen atoms in total. The summed E-state index contributed by atoms with van der Waals surface area (Å²) in [4.78, 5) is 6.96. The van der Waals surface area contributed by atoms with Gasteiger partial charge in [-0.2, -0.15) is 0 Å². The number of nitrogens with one attached hydrogen (secondary N) is 2. The van der Waals surface area contributed by atoms with Crippen molar-refractivity contribution in [2.75, 3.05) is 36.5 Å². The number of benzene rings is 1. The van der Waals surface area contributed by atoms with Gasteiger partial charge in [-0.05, 0) is 60.8 Å². The average Bonchev–Trinajstić information content (AvgIpc) is 2.73. The maximum atomic E-state index is 5.62. The average molecular weight is 399 g/mol. The molecule has 4 rings (SSSR count). The van der Waals surface area contributed by atoms with Crippen molar-refractivity contribution in [2.45, 2.75) is 26.3 Å². The Kier molecular flexibility index (Phi) is 5.81. The second-order valence-corrected chi connectivity index (χ2v) is 7.79. The van der Waals surface area contributed by atoms with Gasteiger partial charge in [-0.1, -0.05) is 13.0 Å². The predicted molar refractivity (Wildman–Crippen MR) is 115 cm³/mol. The van der Waals surface area contributed by atoms with E-state index in [0.29, 0.717) is 24.9 Å². The van der Waals surface area contributed by atoms with E-state index in [1.54, 1.807) is 0 Å². The Labute approximate surface area is 171 Å². The lowest BCUT2D eigenvalue weighted by atomic mass is 10.0. The molecule has 2 aliphatic rings. The molecule has 0 aliphatic carbocycles. The number of anilines is 2. The number of ether oxygens (including phenoxy) is 2. The molecule has 2 aliphatic heterocycles. The Morgan fingerprint density at radius 3 is 2.86 bits per heavy atom. The fourth-order valence-corrected chi connectivity index (χ4v) is 3.79. The van der Waals surface area contributed by atoms with Crippen molar-refractivity contribution in [1.29, 1.82) is 0 Å². The summed E-state index contributed by atoms with van der Waals surface area (Å²) < 4.78 is 11.2. The van der Waals surface area contributed by atoms with E-state index < -0.39 is 0 Å². The standard InChI is InChI=1S/C21H26N4O2S/c1-15-3-2-8-25(14-15)20-7-5-17(13-22-20)24-21(28)23-12-16-4-6-18-19(11-16)27-10-9-26-18/h4-7,11,13,15H,2-3,8-10,12,14H2,1H3,(H2,23,24,28)/t15-/m1/s1. The van der Waals surface area contributed by atoms with Crippen LogP contribution in [0.15, 0.2) is 36.5 Å². The molecule has 0 unspecified atom stereocenters. The molecule has 0 spiro atoms. The molecular weight excluding hydrogens is 372 g/mol. The van der Waals surface area contributed by atoms with Crippen LogP contribution in [-0.4, -0.2) is 36.4 Å². The molecule has 0 bridgehead atoms. The Bertz CT molecular complexity index is 828. The van der Waals surface area contributed by atoms with Gasteiger partial charge >= 0.3 is 0 Å². The number of rotatable bonds is 4. The molecule has 0 radical (unpaired) electrons. The van der Waals surface area contributed by atoms with Gasteiger partial charge in [0, 0.05) is 19.6 Å². The molecule has 1 saturated heterocycles. The summed E-state index contributed by atoms with van der Waals surface area (Å²) in [7, 11) is 0. The van der Waals surface area contributed by atoms with Gasteiger partial charge in [0.05, 0.1) is 11.9 Å². The first-order valence-corrected chi connectivity index (χ1v) is 10.2. The van der Waals surface area contributed by atoms with E-state index in [-0.39, 0.29) is 0 Å². The molecule has 0 amide bonds. The summed E-state index contributed by atoms with van der Waals surface area (Å²) in [5, 5.41) is 6.99. The van der Waals surface area contributed by atoms with Gasteiger partial charge in [-0.25, -0.2) is 4.98 Å². The third-order valence-electron chi connectivity index (χ3n) is 5.05. The zero-order valence-electron chi connectivity index (χ0n) is 16.1. The maximum Gasteiger partial charge on any atom is 0.171 e. The van der Waals surface area contributed by atoms with Crippen LogP contribution in [0.3, 0.4) is 0 Å². The van der Waals surface area contributed by atoms with Crippen molar-refractivity contribution < 1.29 is 9.47 Å². The van der Waals surface area contributed by atoms with Crippen molar-refractivity contribution in [3.8, 4) is 11.5 Å². The first-order valence-electron chi connectivity index (χ1n) is 9.82. The monoisotopic (exact) mass is 398 g/mol. The molecule has 28 heavy (non-hydrogen) atoms. The predicted octanol–water partition coefficient (Wildman–Crippen LogP) is 3.58. The van der Waals surface area contributed by atoms with E-state index in [1.165, 1.54) is 12.8 Å². The molecule has 1 aromatic carbocycles. The molecule has 2 N–H and O–H groups in total. The van der Waals surface area contributed by atoms with Gasteiger partial charge in [0.1, 0.15) is 19.0 Å². The summed E-state index contributed by atoms with van der Waals surface area (Å²) in [6, 6.07) is 10.0. The molecule has 2 aromatic rings. The second-order valence-electron chi connectivity index (χ2n) is 7.38. The highest BCUT2D eigenvalue weighted by Gasteiger charge is 2.17. The minimum atomic E-state index is 0.566. The van der Waals surface area contributed by atoms with Crippen LogP contribution in [-0.2, 0) is 6.54 Å². The highest BCUT2D eigenvalue weighted by Crippen LogP contribution is 2.30. The van der Waals surface area contributed by atoms with Crippen LogP contribution < -0.4 is 25.0 Å². The van der Waals surface area contributed by atoms with Gasteiger partial charge in [0.2, 0.25) is 0 Å². The highest BCUT2D eigenvalue weighted by molar-refractivity contribution is 7.80. The lowest BCUT2D eigenvalue weighted by Crippen LogP contribution is -2.34. The van der Waals surface area contributed by atoms with Crippen LogP contribution in [0.4, 0.5) is 11.5 Å². The zero-order chi connectivity index (χ0) is 19.3. The number of hydrogen-bond donors (Lipinski definition) is 2. The van der Waals surface area contributed by atoms with Crippen molar-refractivity contribution in [2.24, 2.45) is 5.92 Å². The Hall–Kier alpha value is -2.54. The number of piperidine rings is 1. The van der Waals surface area contributed by atoms with E-state index in [1.807, 2.05) is 30.5 Å². The summed E-state index contributed by atoms with van der Waals surface area (Å²) in [5.74, 6) is 3.35. The Morgan fingerprint density at radius 1 is 1.21 bits per heavy atom. The van der Waals surface area contributed by atoms with Crippen LogP contribution >= 0.6 is 12.2 Å². The number of fused-ring (bicyclic) bond motifs is 1. The largest absolute Gasteiger partial charge is 0.486 e. The van der Waals surface area contributed by atoms with Crippen LogP contribution in [0.25, 0.3) is 0 Å². The van der Waals surface area contributed by atoms with E-state index in [0.717, 1.165) is 47.6 Å². The van der Waals surface area contributed by atoms with Crippen LogP contribution in [0.5, 0.6) is 11.5 Å². The summed E-state index contributed by atoms with van der Waals surface area (Å²) in [6.07, 6.45) is 4.38. The number of aromatic nitrogens is 1. The van der Waals surface area contributed by atoms with E-state index in [2.05, 4.69) is 33.5 Å². The molecule has 1 aromatic heterocycles. The summed E-state index contributed by atoms with van der Waals surface area (Å²) >= 11 is 5.41. The molecular formula is C21H26N4O2S. The molecule has 0 saturated carbocycles. The first-order chi connectivity index (χ1) is 13.7. The number of nitrogens with zero attached hydrogens (tertiary/aromatic N) is 2. The lowest BCUT2D eigenvalue weighted by Gasteiger charge is -2.31. The SMILES string of the molecule is C[C@@H]1CCCN(c2ccc(NC(=S)NCc3ccc4c(c3)OCCO4)cn2)C1. The van der Waals surface area contributed by atoms with Gasteiger partial charge in [-0.3, -0.25) is 0 Å². The normalized spacial score (nSPS) is 18.5. The highest BCUT2D eigenvalue weighted by atomic mass is 32.1. The van der Waals surface area contributed by atoms with Crippen LogP contribution in [0.1, 0.15) is 25.3 Å². The fourth-order valence-electron chi connectivity index (χ4n) is 3.60. The first kappa shape index (κ1) is 18.8. The third-order valence-corrected chi connectivity index (χ3v) is 5.29. The van der Waals surface area contributed by atoms with E-state index in [4.69, 9.17) is 21.7 Å². The molecule has 1 fully saturated rings. The van der Waals surface area contributed by atoms with E-state index >= 15 is 0 Å². The quantitative estimate of drug-likeness (QED) is 0.764. The lowest BCUT2D eigenvalue weighted by molar-refractivity contribution is 0.171. The topological polar surface area (TPSA) is 58.7 Å².